The minimum atomic E-state index is -0.571. The van der Waals surface area contributed by atoms with Gasteiger partial charge in [0.05, 0.1) is 19.7 Å². The van der Waals surface area contributed by atoms with Crippen molar-refractivity contribution in [2.75, 3.05) is 13.7 Å². The number of nitrogens with one attached hydrogen (secondary N) is 1. The number of halogens is 1. The second-order valence-electron chi connectivity index (χ2n) is 3.07. The summed E-state index contributed by atoms with van der Waals surface area (Å²) in [7, 11) is 1.30. The van der Waals surface area contributed by atoms with Crippen LogP contribution in [0.3, 0.4) is 0 Å². The molecule has 0 saturated heterocycles. The molecule has 0 amide bonds. The number of nitrogens with zero attached hydrogens (tertiary/aromatic N) is 1. The summed E-state index contributed by atoms with van der Waals surface area (Å²) in [5.74, 6) is -0.415. The van der Waals surface area contributed by atoms with Gasteiger partial charge < -0.3 is 4.74 Å². The molecule has 1 rings (SSSR count). The van der Waals surface area contributed by atoms with Gasteiger partial charge in [-0.1, -0.05) is 23.7 Å². The molecule has 5 heteroatoms. The molecule has 16 heavy (non-hydrogen) atoms. The van der Waals surface area contributed by atoms with Crippen molar-refractivity contribution in [3.05, 3.63) is 34.9 Å². The third-order valence-electron chi connectivity index (χ3n) is 1.99. The molecule has 0 bridgehead atoms. The van der Waals surface area contributed by atoms with Crippen LogP contribution in [0, 0.1) is 11.3 Å². The van der Waals surface area contributed by atoms with E-state index in [1.807, 2.05) is 6.07 Å². The SMILES string of the molecule is COC(=O)CNC(C#N)c1cccc(Cl)c1. The molecule has 84 valence electrons. The molecule has 1 aromatic rings. The first kappa shape index (κ1) is 12.5. The Hall–Kier alpha value is -1.57. The molecule has 0 aliphatic heterocycles. The van der Waals surface area contributed by atoms with E-state index >= 15 is 0 Å². The van der Waals surface area contributed by atoms with Crippen molar-refractivity contribution in [3.63, 3.8) is 0 Å². The topological polar surface area (TPSA) is 62.1 Å². The van der Waals surface area contributed by atoms with E-state index in [0.29, 0.717) is 5.02 Å². The normalized spacial score (nSPS) is 11.6. The summed E-state index contributed by atoms with van der Waals surface area (Å²) in [5.41, 5.74) is 0.721. The van der Waals surface area contributed by atoms with Crippen molar-refractivity contribution in [1.29, 1.82) is 5.26 Å². The van der Waals surface area contributed by atoms with E-state index in [-0.39, 0.29) is 6.54 Å². The molecule has 0 spiro atoms. The Kier molecular flexibility index (Phi) is 4.77. The number of benzene rings is 1. The molecule has 0 aliphatic rings. The van der Waals surface area contributed by atoms with Gasteiger partial charge in [-0.2, -0.15) is 5.26 Å². The lowest BCUT2D eigenvalue weighted by molar-refractivity contribution is -0.139. The van der Waals surface area contributed by atoms with Crippen LogP contribution in [0.4, 0.5) is 0 Å². The number of hydrogen-bond donors (Lipinski definition) is 1. The maximum absolute atomic E-state index is 10.9. The Balaban J connectivity index is 2.69. The van der Waals surface area contributed by atoms with Gasteiger partial charge in [-0.15, -0.1) is 0 Å². The lowest BCUT2D eigenvalue weighted by Gasteiger charge is -2.10. The minimum absolute atomic E-state index is 0.0127. The van der Waals surface area contributed by atoms with Gasteiger partial charge in [-0.25, -0.2) is 0 Å². The molecule has 1 aromatic carbocycles. The molecular formula is C11H11ClN2O2. The first-order valence-corrected chi connectivity index (χ1v) is 5.00. The number of rotatable bonds is 4. The van der Waals surface area contributed by atoms with Crippen LogP contribution in [0.25, 0.3) is 0 Å². The highest BCUT2D eigenvalue weighted by Gasteiger charge is 2.11. The number of esters is 1. The van der Waals surface area contributed by atoms with Gasteiger partial charge in [0, 0.05) is 5.02 Å². The van der Waals surface area contributed by atoms with Gasteiger partial charge in [0.1, 0.15) is 6.04 Å². The zero-order valence-corrected chi connectivity index (χ0v) is 9.49. The van der Waals surface area contributed by atoms with Gasteiger partial charge in [-0.3, -0.25) is 10.1 Å². The van der Waals surface area contributed by atoms with Crippen LogP contribution < -0.4 is 5.32 Å². The van der Waals surface area contributed by atoms with Crippen molar-refractivity contribution in [3.8, 4) is 6.07 Å². The highest BCUT2D eigenvalue weighted by atomic mass is 35.5. The smallest absolute Gasteiger partial charge is 0.319 e. The molecule has 1 atom stereocenters. The third-order valence-corrected chi connectivity index (χ3v) is 2.22. The standard InChI is InChI=1S/C11H11ClN2O2/c1-16-11(15)7-14-10(6-13)8-3-2-4-9(12)5-8/h2-5,10,14H,7H2,1H3. The molecule has 0 fully saturated rings. The minimum Gasteiger partial charge on any atom is -0.468 e. The molecule has 0 radical (unpaired) electrons. The Morgan fingerprint density at radius 2 is 2.44 bits per heavy atom. The van der Waals surface area contributed by atoms with Gasteiger partial charge >= 0.3 is 5.97 Å². The second kappa shape index (κ2) is 6.11. The van der Waals surface area contributed by atoms with E-state index in [9.17, 15) is 4.79 Å². The van der Waals surface area contributed by atoms with E-state index in [1.54, 1.807) is 24.3 Å². The Morgan fingerprint density at radius 3 is 3.00 bits per heavy atom. The number of ether oxygens (including phenoxy) is 1. The van der Waals surface area contributed by atoms with Gasteiger partial charge in [-0.05, 0) is 17.7 Å². The molecule has 1 N–H and O–H groups in total. The zero-order chi connectivity index (χ0) is 12.0. The van der Waals surface area contributed by atoms with E-state index in [2.05, 4.69) is 10.1 Å². The molecule has 0 saturated carbocycles. The largest absolute Gasteiger partial charge is 0.468 e. The average Bonchev–Trinajstić information content (AvgIpc) is 2.29. The predicted octanol–water partition coefficient (Wildman–Crippen LogP) is 1.67. The average molecular weight is 239 g/mol. The van der Waals surface area contributed by atoms with Crippen LogP contribution in [0.2, 0.25) is 5.02 Å². The van der Waals surface area contributed by atoms with Crippen molar-refractivity contribution < 1.29 is 9.53 Å². The van der Waals surface area contributed by atoms with Gasteiger partial charge in [0.2, 0.25) is 0 Å². The zero-order valence-electron chi connectivity index (χ0n) is 8.74. The lowest BCUT2D eigenvalue weighted by atomic mass is 10.1. The fourth-order valence-electron chi connectivity index (χ4n) is 1.18. The summed E-state index contributed by atoms with van der Waals surface area (Å²) in [6.45, 7) is -0.0127. The summed E-state index contributed by atoms with van der Waals surface area (Å²) in [4.78, 5) is 10.9. The highest BCUT2D eigenvalue weighted by molar-refractivity contribution is 6.30. The fourth-order valence-corrected chi connectivity index (χ4v) is 1.38. The maximum atomic E-state index is 10.9. The summed E-state index contributed by atoms with van der Waals surface area (Å²) in [6.07, 6.45) is 0. The molecule has 0 aromatic heterocycles. The van der Waals surface area contributed by atoms with Crippen molar-refractivity contribution in [2.24, 2.45) is 0 Å². The van der Waals surface area contributed by atoms with Crippen LogP contribution in [-0.4, -0.2) is 19.6 Å². The first-order valence-electron chi connectivity index (χ1n) is 4.62. The molecule has 0 heterocycles. The van der Waals surface area contributed by atoms with Crippen LogP contribution in [-0.2, 0) is 9.53 Å². The first-order chi connectivity index (χ1) is 7.67. The van der Waals surface area contributed by atoms with E-state index < -0.39 is 12.0 Å². The molecular weight excluding hydrogens is 228 g/mol. The molecule has 4 nitrogen and oxygen atoms in total. The Labute approximate surface area is 98.8 Å². The summed E-state index contributed by atoms with van der Waals surface area (Å²) < 4.78 is 4.47. The van der Waals surface area contributed by atoms with Crippen LogP contribution in [0.15, 0.2) is 24.3 Å². The highest BCUT2D eigenvalue weighted by Crippen LogP contribution is 2.16. The van der Waals surface area contributed by atoms with Crippen LogP contribution in [0.1, 0.15) is 11.6 Å². The maximum Gasteiger partial charge on any atom is 0.319 e. The number of methoxy groups -OCH3 is 1. The van der Waals surface area contributed by atoms with E-state index in [0.717, 1.165) is 5.56 Å². The summed E-state index contributed by atoms with van der Waals surface area (Å²) >= 11 is 5.81. The summed E-state index contributed by atoms with van der Waals surface area (Å²) in [5, 5.41) is 12.3. The Bertz CT molecular complexity index is 415. The van der Waals surface area contributed by atoms with E-state index in [1.165, 1.54) is 7.11 Å². The summed E-state index contributed by atoms with van der Waals surface area (Å²) in [6, 6.07) is 8.40. The number of carbonyl (C=O) groups is 1. The second-order valence-corrected chi connectivity index (χ2v) is 3.51. The fraction of sp³-hybridized carbons (Fsp3) is 0.273. The lowest BCUT2D eigenvalue weighted by Crippen LogP contribution is -2.27. The third kappa shape index (κ3) is 3.54. The van der Waals surface area contributed by atoms with Crippen LogP contribution >= 0.6 is 11.6 Å². The van der Waals surface area contributed by atoms with Gasteiger partial charge in [0.25, 0.3) is 0 Å². The monoisotopic (exact) mass is 238 g/mol. The Morgan fingerprint density at radius 1 is 1.69 bits per heavy atom. The predicted molar refractivity (Wildman–Crippen MR) is 59.8 cm³/mol. The number of carbonyl (C=O) groups excluding carboxylic acids is 1. The van der Waals surface area contributed by atoms with Crippen LogP contribution in [0.5, 0.6) is 0 Å². The molecule has 1 unspecified atom stereocenters. The molecule has 0 aliphatic carbocycles. The van der Waals surface area contributed by atoms with Crippen molar-refractivity contribution >= 4 is 17.6 Å². The quantitative estimate of drug-likeness (QED) is 0.811. The van der Waals surface area contributed by atoms with Crippen molar-refractivity contribution in [1.82, 2.24) is 5.32 Å². The number of nitriles is 1. The van der Waals surface area contributed by atoms with Gasteiger partial charge in [0.15, 0.2) is 0 Å². The van der Waals surface area contributed by atoms with Crippen molar-refractivity contribution in [2.45, 2.75) is 6.04 Å². The number of hydrogen-bond acceptors (Lipinski definition) is 4. The van der Waals surface area contributed by atoms with E-state index in [4.69, 9.17) is 16.9 Å².